The Kier molecular flexibility index (Phi) is 9.02. The normalized spacial score (nSPS) is 11.4. The highest BCUT2D eigenvalue weighted by Gasteiger charge is 2.30. The average Bonchev–Trinajstić information content (AvgIpc) is 2.95. The van der Waals surface area contributed by atoms with Crippen molar-refractivity contribution >= 4 is 11.8 Å². The second kappa shape index (κ2) is 13.0. The summed E-state index contributed by atoms with van der Waals surface area (Å²) in [5, 5.41) is 3.01. The summed E-state index contributed by atoms with van der Waals surface area (Å²) in [5.41, 5.74) is 3.55. The van der Waals surface area contributed by atoms with E-state index >= 15 is 0 Å². The molecule has 0 saturated carbocycles. The van der Waals surface area contributed by atoms with Crippen LogP contribution in [-0.2, 0) is 35.5 Å². The number of carbonyl (C=O) groups is 2. The van der Waals surface area contributed by atoms with E-state index < -0.39 is 6.04 Å². The monoisotopic (exact) mass is 493 g/mol. The van der Waals surface area contributed by atoms with E-state index in [1.807, 2.05) is 103 Å². The Labute approximate surface area is 217 Å². The highest BCUT2D eigenvalue weighted by atomic mass is 16.5. The van der Waals surface area contributed by atoms with Gasteiger partial charge in [-0.05, 0) is 41.0 Å². The number of hydrogen-bond acceptors (Lipinski definition) is 4. The summed E-state index contributed by atoms with van der Waals surface area (Å²) >= 11 is 0. The summed E-state index contributed by atoms with van der Waals surface area (Å²) in [6.45, 7) is 0.582. The fourth-order valence-corrected chi connectivity index (χ4v) is 4.15. The van der Waals surface area contributed by atoms with Crippen LogP contribution < -0.4 is 10.1 Å². The molecule has 1 atom stereocenters. The lowest BCUT2D eigenvalue weighted by atomic mass is 10.0. The number of benzene rings is 3. The summed E-state index contributed by atoms with van der Waals surface area (Å²) in [7, 11) is 1.62. The molecule has 1 N–H and O–H groups in total. The van der Waals surface area contributed by atoms with Gasteiger partial charge in [-0.3, -0.25) is 14.6 Å². The van der Waals surface area contributed by atoms with E-state index in [0.29, 0.717) is 13.0 Å². The van der Waals surface area contributed by atoms with E-state index in [1.165, 1.54) is 0 Å². The first-order chi connectivity index (χ1) is 18.1. The van der Waals surface area contributed by atoms with E-state index in [-0.39, 0.29) is 24.8 Å². The van der Waals surface area contributed by atoms with Crippen molar-refractivity contribution in [2.45, 2.75) is 32.0 Å². The first-order valence-corrected chi connectivity index (χ1v) is 12.3. The molecule has 0 aliphatic heterocycles. The molecule has 0 aliphatic rings. The minimum atomic E-state index is -0.704. The van der Waals surface area contributed by atoms with Crippen molar-refractivity contribution in [1.29, 1.82) is 0 Å². The molecule has 0 fully saturated rings. The third kappa shape index (κ3) is 7.51. The van der Waals surface area contributed by atoms with Crippen molar-refractivity contribution in [2.75, 3.05) is 7.11 Å². The van der Waals surface area contributed by atoms with Gasteiger partial charge >= 0.3 is 0 Å². The SMILES string of the molecule is COc1ccc(CN(C(=O)Cc2ccccc2)[C@@H](Cc2ccccc2)C(=O)NCc2ccccn2)cc1. The number of amides is 2. The number of pyridine rings is 1. The molecule has 1 aromatic heterocycles. The fourth-order valence-electron chi connectivity index (χ4n) is 4.15. The van der Waals surface area contributed by atoms with Gasteiger partial charge < -0.3 is 15.0 Å². The number of rotatable bonds is 11. The molecule has 3 aromatic carbocycles. The van der Waals surface area contributed by atoms with Crippen LogP contribution in [-0.4, -0.2) is 34.8 Å². The Balaban J connectivity index is 1.64. The first kappa shape index (κ1) is 25.6. The van der Waals surface area contributed by atoms with Gasteiger partial charge in [0.25, 0.3) is 0 Å². The minimum absolute atomic E-state index is 0.115. The van der Waals surface area contributed by atoms with Crippen LogP contribution in [0.3, 0.4) is 0 Å². The van der Waals surface area contributed by atoms with Crippen molar-refractivity contribution in [2.24, 2.45) is 0 Å². The Hall–Kier alpha value is -4.45. The molecule has 6 nitrogen and oxygen atoms in total. The lowest BCUT2D eigenvalue weighted by molar-refractivity contribution is -0.140. The van der Waals surface area contributed by atoms with Crippen LogP contribution in [0.15, 0.2) is 109 Å². The van der Waals surface area contributed by atoms with Gasteiger partial charge in [-0.1, -0.05) is 78.9 Å². The molecule has 0 radical (unpaired) electrons. The van der Waals surface area contributed by atoms with Crippen molar-refractivity contribution < 1.29 is 14.3 Å². The van der Waals surface area contributed by atoms with Crippen LogP contribution >= 0.6 is 0 Å². The summed E-state index contributed by atoms with van der Waals surface area (Å²) in [6.07, 6.45) is 2.30. The molecular formula is C31H31N3O3. The maximum atomic E-state index is 13.8. The highest BCUT2D eigenvalue weighted by molar-refractivity contribution is 5.88. The van der Waals surface area contributed by atoms with Crippen LogP contribution in [0.25, 0.3) is 0 Å². The quantitative estimate of drug-likeness (QED) is 0.332. The molecule has 0 aliphatic carbocycles. The van der Waals surface area contributed by atoms with Crippen LogP contribution in [0.2, 0.25) is 0 Å². The molecule has 4 rings (SSSR count). The molecule has 2 amide bonds. The van der Waals surface area contributed by atoms with E-state index in [0.717, 1.165) is 28.1 Å². The van der Waals surface area contributed by atoms with Crippen LogP contribution in [0, 0.1) is 0 Å². The van der Waals surface area contributed by atoms with E-state index in [4.69, 9.17) is 4.74 Å². The third-order valence-corrected chi connectivity index (χ3v) is 6.15. The molecule has 0 bridgehead atoms. The number of carbonyl (C=O) groups excluding carboxylic acids is 2. The third-order valence-electron chi connectivity index (χ3n) is 6.15. The van der Waals surface area contributed by atoms with Crippen LogP contribution in [0.5, 0.6) is 5.75 Å². The van der Waals surface area contributed by atoms with Gasteiger partial charge in [0.15, 0.2) is 0 Å². The topological polar surface area (TPSA) is 71.5 Å². The molecule has 6 heteroatoms. The first-order valence-electron chi connectivity index (χ1n) is 12.3. The number of hydrogen-bond donors (Lipinski definition) is 1. The number of methoxy groups -OCH3 is 1. The fraction of sp³-hybridized carbons (Fsp3) is 0.194. The molecule has 4 aromatic rings. The number of nitrogens with zero attached hydrogens (tertiary/aromatic N) is 2. The molecule has 1 heterocycles. The maximum absolute atomic E-state index is 13.8. The van der Waals surface area contributed by atoms with Gasteiger partial charge in [0.1, 0.15) is 11.8 Å². The Morgan fingerprint density at radius 3 is 2.08 bits per heavy atom. The Bertz CT molecular complexity index is 1260. The molecule has 0 spiro atoms. The smallest absolute Gasteiger partial charge is 0.243 e. The van der Waals surface area contributed by atoms with Crippen molar-refractivity contribution in [3.05, 3.63) is 132 Å². The van der Waals surface area contributed by atoms with Gasteiger partial charge in [-0.25, -0.2) is 0 Å². The van der Waals surface area contributed by atoms with Gasteiger partial charge in [0, 0.05) is 19.2 Å². The molecular weight excluding hydrogens is 462 g/mol. The zero-order valence-corrected chi connectivity index (χ0v) is 20.9. The van der Waals surface area contributed by atoms with Gasteiger partial charge in [0.2, 0.25) is 11.8 Å². The van der Waals surface area contributed by atoms with Crippen LogP contribution in [0.4, 0.5) is 0 Å². The van der Waals surface area contributed by atoms with E-state index in [9.17, 15) is 9.59 Å². The second-order valence-corrected chi connectivity index (χ2v) is 8.78. The lowest BCUT2D eigenvalue weighted by Gasteiger charge is -2.31. The Morgan fingerprint density at radius 1 is 0.811 bits per heavy atom. The molecule has 0 saturated heterocycles. The zero-order valence-electron chi connectivity index (χ0n) is 20.9. The predicted octanol–water partition coefficient (Wildman–Crippen LogP) is 4.59. The Morgan fingerprint density at radius 2 is 1.46 bits per heavy atom. The van der Waals surface area contributed by atoms with Crippen LogP contribution in [0.1, 0.15) is 22.4 Å². The predicted molar refractivity (Wildman–Crippen MR) is 144 cm³/mol. The standard InChI is InChI=1S/C31H31N3O3/c1-37-28-17-15-26(16-18-28)23-34(30(35)21-25-12-6-3-7-13-25)29(20-24-10-4-2-5-11-24)31(36)33-22-27-14-8-9-19-32-27/h2-19,29H,20-23H2,1H3,(H,33,36)/t29-/m0/s1. The van der Waals surface area contributed by atoms with Crippen molar-refractivity contribution in [3.8, 4) is 5.75 Å². The minimum Gasteiger partial charge on any atom is -0.497 e. The molecule has 37 heavy (non-hydrogen) atoms. The largest absolute Gasteiger partial charge is 0.497 e. The number of nitrogens with one attached hydrogen (secondary N) is 1. The average molecular weight is 494 g/mol. The van der Waals surface area contributed by atoms with Gasteiger partial charge in [-0.15, -0.1) is 0 Å². The van der Waals surface area contributed by atoms with E-state index in [2.05, 4.69) is 10.3 Å². The number of ether oxygens (including phenoxy) is 1. The van der Waals surface area contributed by atoms with Gasteiger partial charge in [0.05, 0.1) is 25.8 Å². The van der Waals surface area contributed by atoms with Gasteiger partial charge in [-0.2, -0.15) is 0 Å². The summed E-state index contributed by atoms with van der Waals surface area (Å²) in [4.78, 5) is 33.4. The molecule has 188 valence electrons. The van der Waals surface area contributed by atoms with Crippen molar-refractivity contribution in [1.82, 2.24) is 15.2 Å². The second-order valence-electron chi connectivity index (χ2n) is 8.78. The highest BCUT2D eigenvalue weighted by Crippen LogP contribution is 2.19. The lowest BCUT2D eigenvalue weighted by Crippen LogP contribution is -2.50. The summed E-state index contributed by atoms with van der Waals surface area (Å²) in [6, 6.07) is 31.8. The molecule has 0 unspecified atom stereocenters. The summed E-state index contributed by atoms with van der Waals surface area (Å²) < 4.78 is 5.29. The van der Waals surface area contributed by atoms with E-state index in [1.54, 1.807) is 18.2 Å². The summed E-state index contributed by atoms with van der Waals surface area (Å²) in [5.74, 6) is 0.403. The number of aromatic nitrogens is 1. The maximum Gasteiger partial charge on any atom is 0.243 e. The van der Waals surface area contributed by atoms with Crippen molar-refractivity contribution in [3.63, 3.8) is 0 Å². The zero-order chi connectivity index (χ0) is 25.9.